The predicted molar refractivity (Wildman–Crippen MR) is 341 cm³/mol. The first-order valence-electron chi connectivity index (χ1n) is 30.4. The summed E-state index contributed by atoms with van der Waals surface area (Å²) in [5.74, 6) is -4.35. The van der Waals surface area contributed by atoms with Crippen LogP contribution in [0, 0.1) is 104 Å². The van der Waals surface area contributed by atoms with Gasteiger partial charge in [-0.3, -0.25) is 0 Å². The third-order valence-corrected chi connectivity index (χ3v) is 17.1. The van der Waals surface area contributed by atoms with Gasteiger partial charge in [-0.1, -0.05) is 145 Å². The first-order valence-corrected chi connectivity index (χ1v) is 30.4. The van der Waals surface area contributed by atoms with Gasteiger partial charge in [0.1, 0.15) is 0 Å². The van der Waals surface area contributed by atoms with E-state index in [9.17, 15) is 41.7 Å². The van der Waals surface area contributed by atoms with E-state index in [0.717, 1.165) is 66.5 Å². The van der Waals surface area contributed by atoms with Gasteiger partial charge in [-0.05, 0) is 158 Å². The minimum atomic E-state index is -1.22. The van der Waals surface area contributed by atoms with Gasteiger partial charge in [0.05, 0.1) is 0 Å². The molecule has 3 saturated carbocycles. The van der Waals surface area contributed by atoms with Crippen LogP contribution in [0.3, 0.4) is 0 Å². The van der Waals surface area contributed by atoms with Crippen LogP contribution in [0.5, 0.6) is 17.2 Å². The molecule has 0 atom stereocenters. The summed E-state index contributed by atoms with van der Waals surface area (Å²) in [5, 5.41) is 27.6. The molecular weight excluding hydrogens is 1650 g/mol. The summed E-state index contributed by atoms with van der Waals surface area (Å²) in [5.41, 5.74) is 10.3. The van der Waals surface area contributed by atoms with Gasteiger partial charge in [0.25, 0.3) is 0 Å². The Morgan fingerprint density at radius 2 is 0.589 bits per heavy atom. The Morgan fingerprint density at radius 1 is 0.300 bits per heavy atom. The number of rotatable bonds is 6. The number of phenols is 3. The standard InChI is InChI=1S/C19H26F2O.C19H20F2O.C19H14F2O.3C7H7.3W/c3*1-12-2-4-13(5-3-12)14-6-8-15(9-7-14)16-10-11-17(22)19(21)18(16)20;3*1-7-5-3-2-4-6-7;;;/h10-15,22H,2-9H2,1H3;6-13,22H,2-5H2,1H3;2-11,22H,1H3;3*3-6H,1H3;;;/q;;;3*-1;;;. The average molecular weight is 1730 g/mol. The minimum absolute atomic E-state index is 0. The van der Waals surface area contributed by atoms with Crippen LogP contribution in [-0.4, -0.2) is 15.3 Å². The molecular formula is C78H81F6O3W3-3. The van der Waals surface area contributed by atoms with Gasteiger partial charge in [-0.2, -0.15) is 121 Å². The molecule has 90 heavy (non-hydrogen) atoms. The van der Waals surface area contributed by atoms with Crippen LogP contribution in [-0.2, 0) is 63.2 Å². The van der Waals surface area contributed by atoms with E-state index >= 15 is 0 Å². The molecule has 0 radical (unpaired) electrons. The Morgan fingerprint density at radius 3 is 0.956 bits per heavy atom. The van der Waals surface area contributed by atoms with Gasteiger partial charge in [0.2, 0.25) is 17.5 Å². The number of hydrogen-bond donors (Lipinski definition) is 3. The van der Waals surface area contributed by atoms with Crippen LogP contribution in [0.1, 0.15) is 136 Å². The Balaban J connectivity index is 0.000000244. The molecule has 0 amide bonds. The zero-order chi connectivity index (χ0) is 62.4. The molecule has 3 N–H and O–H groups in total. The summed E-state index contributed by atoms with van der Waals surface area (Å²) < 4.78 is 82.2. The summed E-state index contributed by atoms with van der Waals surface area (Å²) in [7, 11) is 0. The van der Waals surface area contributed by atoms with Crippen molar-refractivity contribution in [1.82, 2.24) is 0 Å². The van der Waals surface area contributed by atoms with Crippen LogP contribution in [0.2, 0.25) is 0 Å². The molecule has 0 saturated heterocycles. The van der Waals surface area contributed by atoms with E-state index in [1.807, 2.05) is 140 Å². The molecule has 12 heteroatoms. The fourth-order valence-electron chi connectivity index (χ4n) is 11.6. The van der Waals surface area contributed by atoms with Crippen molar-refractivity contribution in [2.45, 2.75) is 130 Å². The quantitative estimate of drug-likeness (QED) is 0.115. The van der Waals surface area contributed by atoms with Gasteiger partial charge in [0.15, 0.2) is 34.7 Å². The van der Waals surface area contributed by atoms with Crippen molar-refractivity contribution in [3.05, 3.63) is 268 Å². The molecule has 0 bridgehead atoms. The molecule has 3 fully saturated rings. The van der Waals surface area contributed by atoms with Gasteiger partial charge in [-0.15, -0.1) is 0 Å². The predicted octanol–water partition coefficient (Wildman–Crippen LogP) is 22.1. The molecule has 3 nitrogen and oxygen atoms in total. The van der Waals surface area contributed by atoms with Crippen LogP contribution in [0.25, 0.3) is 33.4 Å². The van der Waals surface area contributed by atoms with E-state index < -0.39 is 52.2 Å². The van der Waals surface area contributed by atoms with E-state index in [2.05, 4.69) is 52.8 Å². The fraction of sp³-hybridized carbons (Fsp3) is 0.308. The molecule has 0 heterocycles. The van der Waals surface area contributed by atoms with Crippen molar-refractivity contribution >= 4 is 0 Å². The Hall–Kier alpha value is -5.98. The number of aromatic hydroxyl groups is 3. The number of aryl methyl sites for hydroxylation is 4. The zero-order valence-electron chi connectivity index (χ0n) is 52.1. The van der Waals surface area contributed by atoms with Crippen LogP contribution < -0.4 is 0 Å². The second-order valence-corrected chi connectivity index (χ2v) is 23.7. The smallest absolute Gasteiger partial charge is 0.200 e. The van der Waals surface area contributed by atoms with Gasteiger partial charge in [0, 0.05) is 74.3 Å². The molecule has 0 spiro atoms. The maximum absolute atomic E-state index is 14.0. The topological polar surface area (TPSA) is 60.7 Å². The molecule has 474 valence electrons. The average Bonchev–Trinajstić information content (AvgIpc) is 1.30. The van der Waals surface area contributed by atoms with Crippen LogP contribution in [0.4, 0.5) is 26.3 Å². The monoisotopic (exact) mass is 1730 g/mol. The molecule has 12 rings (SSSR count). The van der Waals surface area contributed by atoms with Crippen molar-refractivity contribution in [3.8, 4) is 50.6 Å². The molecule has 9 aromatic rings. The summed E-state index contributed by atoms with van der Waals surface area (Å²) in [6.07, 6.45) is 14.4. The van der Waals surface area contributed by atoms with Gasteiger partial charge >= 0.3 is 0 Å². The van der Waals surface area contributed by atoms with Crippen LogP contribution >= 0.6 is 0 Å². The fourth-order valence-corrected chi connectivity index (χ4v) is 11.6. The number of phenolic OH excluding ortho intramolecular Hbond substituents is 3. The Bertz CT molecular complexity index is 3410. The third kappa shape index (κ3) is 23.0. The molecule has 3 aliphatic rings. The van der Waals surface area contributed by atoms with Crippen molar-refractivity contribution in [3.63, 3.8) is 0 Å². The molecule has 9 aromatic carbocycles. The third-order valence-electron chi connectivity index (χ3n) is 17.1. The van der Waals surface area contributed by atoms with Crippen molar-refractivity contribution in [1.29, 1.82) is 0 Å². The maximum Gasteiger partial charge on any atom is 0.200 e. The number of hydrogen-bond acceptors (Lipinski definition) is 3. The van der Waals surface area contributed by atoms with Crippen molar-refractivity contribution < 1.29 is 105 Å². The second kappa shape index (κ2) is 38.8. The molecule has 0 aliphatic heterocycles. The minimum Gasteiger partial charge on any atom is -0.505 e. The Labute approximate surface area is 573 Å². The largest absolute Gasteiger partial charge is 0.505 e. The first-order chi connectivity index (χ1) is 41.9. The summed E-state index contributed by atoms with van der Waals surface area (Å²) >= 11 is 0. The van der Waals surface area contributed by atoms with Crippen molar-refractivity contribution in [2.24, 2.45) is 23.7 Å². The van der Waals surface area contributed by atoms with Gasteiger partial charge in [-0.25, -0.2) is 13.2 Å². The van der Waals surface area contributed by atoms with Gasteiger partial charge < -0.3 is 15.3 Å². The van der Waals surface area contributed by atoms with E-state index in [1.165, 1.54) is 103 Å². The number of halogens is 6. The van der Waals surface area contributed by atoms with E-state index in [-0.39, 0.29) is 80.2 Å². The first kappa shape index (κ1) is 76.5. The maximum atomic E-state index is 14.0. The summed E-state index contributed by atoms with van der Waals surface area (Å²) in [6, 6.07) is 63.4. The zero-order valence-corrected chi connectivity index (χ0v) is 60.9. The summed E-state index contributed by atoms with van der Waals surface area (Å²) in [4.78, 5) is 0. The van der Waals surface area contributed by atoms with E-state index in [4.69, 9.17) is 0 Å². The van der Waals surface area contributed by atoms with E-state index in [0.29, 0.717) is 22.6 Å². The van der Waals surface area contributed by atoms with Crippen LogP contribution in [0.15, 0.2) is 182 Å². The normalized spacial score (nSPS) is 18.0. The summed E-state index contributed by atoms with van der Waals surface area (Å²) in [6.45, 7) is 12.8. The number of benzene rings is 9. The molecule has 0 unspecified atom stereocenters. The van der Waals surface area contributed by atoms with Crippen molar-refractivity contribution in [2.75, 3.05) is 0 Å². The molecule has 3 aliphatic carbocycles. The Kier molecular flexibility index (Phi) is 32.9. The molecule has 0 aromatic heterocycles. The second-order valence-electron chi connectivity index (χ2n) is 23.7. The SMILES string of the molecule is CC1CCC(C2CCC(c3ccc(O)c(F)c3F)CC2)CC1.CC1CCC(c2ccc(-c3ccc(O)c(F)c3F)cc2)CC1.Cc1cc[c-]cc1.Cc1cc[c-]cc1.Cc1cc[c-]cc1.Cc1ccc(-c2ccc(-c3ccc(O)c(F)c3F)cc2)cc1.[W].[W].[W]. The van der Waals surface area contributed by atoms with E-state index in [1.54, 1.807) is 18.2 Å².